The Labute approximate surface area is 119 Å². The van der Waals surface area contributed by atoms with Gasteiger partial charge in [0.25, 0.3) is 0 Å². The zero-order valence-corrected chi connectivity index (χ0v) is 11.2. The smallest absolute Gasteiger partial charge is 0.391 e. The summed E-state index contributed by atoms with van der Waals surface area (Å²) in [4.78, 5) is 12.1. The van der Waals surface area contributed by atoms with E-state index in [1.54, 1.807) is 0 Å². The van der Waals surface area contributed by atoms with E-state index in [0.29, 0.717) is 0 Å². The van der Waals surface area contributed by atoms with Crippen LogP contribution in [0.5, 0.6) is 5.75 Å². The summed E-state index contributed by atoms with van der Waals surface area (Å²) in [5.74, 6) is -1.84. The van der Waals surface area contributed by atoms with Crippen molar-refractivity contribution >= 4 is 5.78 Å². The molecule has 1 aliphatic heterocycles. The van der Waals surface area contributed by atoms with Crippen LogP contribution >= 0.6 is 0 Å². The van der Waals surface area contributed by atoms with Crippen LogP contribution in [-0.2, 0) is 0 Å². The van der Waals surface area contributed by atoms with Crippen molar-refractivity contribution in [2.24, 2.45) is 5.92 Å². The molecule has 0 radical (unpaired) electrons. The van der Waals surface area contributed by atoms with Gasteiger partial charge in [-0.3, -0.25) is 4.79 Å². The lowest BCUT2D eigenvalue weighted by Crippen LogP contribution is -2.46. The minimum Gasteiger partial charge on any atom is -0.486 e. The van der Waals surface area contributed by atoms with Gasteiger partial charge in [-0.15, -0.1) is 0 Å². The number of hydrogen-bond donors (Lipinski definition) is 0. The van der Waals surface area contributed by atoms with Gasteiger partial charge in [0, 0.05) is 0 Å². The van der Waals surface area contributed by atoms with Crippen LogP contribution in [0, 0.1) is 11.7 Å². The zero-order chi connectivity index (χ0) is 15.3. The molecule has 2 aliphatic rings. The van der Waals surface area contributed by atoms with Crippen LogP contribution in [0.4, 0.5) is 17.6 Å². The van der Waals surface area contributed by atoms with Gasteiger partial charge in [-0.05, 0) is 43.9 Å². The second kappa shape index (κ2) is 4.71. The summed E-state index contributed by atoms with van der Waals surface area (Å²) >= 11 is 0. The monoisotopic (exact) mass is 302 g/mol. The van der Waals surface area contributed by atoms with Crippen molar-refractivity contribution in [3.63, 3.8) is 0 Å². The number of Topliss-reactive ketones (excluding diaryl/α,β-unsaturated/α-hetero) is 1. The van der Waals surface area contributed by atoms with Crippen molar-refractivity contribution in [2.75, 3.05) is 0 Å². The molecular weight excluding hydrogens is 288 g/mol. The van der Waals surface area contributed by atoms with Crippen molar-refractivity contribution in [2.45, 2.75) is 43.9 Å². The molecule has 1 fully saturated rings. The lowest BCUT2D eigenvalue weighted by Gasteiger charge is -2.43. The van der Waals surface area contributed by atoms with Crippen LogP contribution < -0.4 is 4.74 Å². The molecule has 0 unspecified atom stereocenters. The minimum atomic E-state index is -4.19. The van der Waals surface area contributed by atoms with Gasteiger partial charge >= 0.3 is 6.18 Å². The Hall–Kier alpha value is -1.59. The van der Waals surface area contributed by atoms with Gasteiger partial charge in [-0.2, -0.15) is 13.2 Å². The van der Waals surface area contributed by atoms with Gasteiger partial charge in [0.2, 0.25) is 0 Å². The molecule has 1 aliphatic carbocycles. The maximum Gasteiger partial charge on any atom is 0.391 e. The molecule has 0 bridgehead atoms. The number of carbonyl (C=O) groups is 1. The summed E-state index contributed by atoms with van der Waals surface area (Å²) in [6.07, 6.45) is -3.85. The van der Waals surface area contributed by atoms with Crippen LogP contribution in [-0.4, -0.2) is 17.6 Å². The average molecular weight is 302 g/mol. The van der Waals surface area contributed by atoms with E-state index in [1.807, 2.05) is 0 Å². The Morgan fingerprint density at radius 1 is 1.19 bits per heavy atom. The SMILES string of the molecule is O=C1CC2(CCC(C(F)(F)F)CC2)Oc2ccc(F)cc21. The molecule has 0 atom stereocenters. The molecule has 3 rings (SSSR count). The van der Waals surface area contributed by atoms with Crippen LogP contribution in [0.3, 0.4) is 0 Å². The van der Waals surface area contributed by atoms with Gasteiger partial charge in [-0.25, -0.2) is 4.39 Å². The summed E-state index contributed by atoms with van der Waals surface area (Å²) < 4.78 is 57.1. The summed E-state index contributed by atoms with van der Waals surface area (Å²) in [6, 6.07) is 3.68. The van der Waals surface area contributed by atoms with E-state index in [2.05, 4.69) is 0 Å². The van der Waals surface area contributed by atoms with Gasteiger partial charge in [-0.1, -0.05) is 0 Å². The molecular formula is C15H14F4O2. The Morgan fingerprint density at radius 2 is 1.86 bits per heavy atom. The molecule has 1 spiro atoms. The third-order valence-electron chi connectivity index (χ3n) is 4.41. The van der Waals surface area contributed by atoms with Crippen molar-refractivity contribution in [1.82, 2.24) is 0 Å². The molecule has 2 nitrogen and oxygen atoms in total. The van der Waals surface area contributed by atoms with Crippen LogP contribution in [0.25, 0.3) is 0 Å². The first kappa shape index (κ1) is 14.4. The van der Waals surface area contributed by atoms with E-state index in [0.717, 1.165) is 6.07 Å². The minimum absolute atomic E-state index is 0.0219. The lowest BCUT2D eigenvalue weighted by molar-refractivity contribution is -0.190. The summed E-state index contributed by atoms with van der Waals surface area (Å²) in [6.45, 7) is 0. The van der Waals surface area contributed by atoms with Crippen molar-refractivity contribution < 1.29 is 27.1 Å². The normalized spacial score (nSPS) is 29.1. The molecule has 0 saturated heterocycles. The number of rotatable bonds is 0. The van der Waals surface area contributed by atoms with Crippen LogP contribution in [0.15, 0.2) is 18.2 Å². The molecule has 1 aromatic rings. The maximum absolute atomic E-state index is 13.2. The van der Waals surface area contributed by atoms with E-state index in [-0.39, 0.29) is 49.2 Å². The van der Waals surface area contributed by atoms with E-state index in [9.17, 15) is 22.4 Å². The van der Waals surface area contributed by atoms with Crippen molar-refractivity contribution in [3.05, 3.63) is 29.6 Å². The molecule has 1 saturated carbocycles. The zero-order valence-electron chi connectivity index (χ0n) is 11.2. The predicted molar refractivity (Wildman–Crippen MR) is 66.7 cm³/mol. The standard InChI is InChI=1S/C15H14F4O2/c16-10-1-2-13-11(7-10)12(20)8-14(21-13)5-3-9(4-6-14)15(17,18)19/h1-2,7,9H,3-6,8H2. The third-order valence-corrected chi connectivity index (χ3v) is 4.41. The average Bonchev–Trinajstić information content (AvgIpc) is 2.39. The Morgan fingerprint density at radius 3 is 2.48 bits per heavy atom. The first-order valence-electron chi connectivity index (χ1n) is 6.88. The number of benzene rings is 1. The fourth-order valence-electron chi connectivity index (χ4n) is 3.22. The number of fused-ring (bicyclic) bond motifs is 1. The van der Waals surface area contributed by atoms with Gasteiger partial charge < -0.3 is 4.74 Å². The molecule has 0 N–H and O–H groups in total. The molecule has 6 heteroatoms. The quantitative estimate of drug-likeness (QED) is 0.669. The highest BCUT2D eigenvalue weighted by molar-refractivity contribution is 6.00. The molecule has 114 valence electrons. The predicted octanol–water partition coefficient (Wildman–Crippen LogP) is 4.28. The van der Waals surface area contributed by atoms with Gasteiger partial charge in [0.1, 0.15) is 17.2 Å². The topological polar surface area (TPSA) is 26.3 Å². The summed E-state index contributed by atoms with van der Waals surface area (Å²) in [5, 5.41) is 0. The first-order valence-corrected chi connectivity index (χ1v) is 6.88. The largest absolute Gasteiger partial charge is 0.486 e. The number of hydrogen-bond acceptors (Lipinski definition) is 2. The highest BCUT2D eigenvalue weighted by Crippen LogP contribution is 2.47. The third kappa shape index (κ3) is 2.63. The molecule has 0 amide bonds. The Bertz CT molecular complexity index is 572. The fraction of sp³-hybridized carbons (Fsp3) is 0.533. The highest BCUT2D eigenvalue weighted by atomic mass is 19.4. The number of alkyl halides is 3. The van der Waals surface area contributed by atoms with Crippen LogP contribution in [0.1, 0.15) is 42.5 Å². The van der Waals surface area contributed by atoms with E-state index >= 15 is 0 Å². The van der Waals surface area contributed by atoms with Crippen LogP contribution in [0.2, 0.25) is 0 Å². The number of ketones is 1. The summed E-state index contributed by atoms with van der Waals surface area (Å²) in [7, 11) is 0. The molecule has 1 aromatic carbocycles. The molecule has 21 heavy (non-hydrogen) atoms. The van der Waals surface area contributed by atoms with Crippen molar-refractivity contribution in [3.8, 4) is 5.75 Å². The van der Waals surface area contributed by atoms with E-state index in [1.165, 1.54) is 12.1 Å². The second-order valence-corrected chi connectivity index (χ2v) is 5.84. The van der Waals surface area contributed by atoms with Gasteiger partial charge in [0.05, 0.1) is 17.9 Å². The molecule has 1 heterocycles. The number of ether oxygens (including phenoxy) is 1. The van der Waals surface area contributed by atoms with E-state index in [4.69, 9.17) is 4.74 Å². The van der Waals surface area contributed by atoms with E-state index < -0.39 is 23.5 Å². The highest BCUT2D eigenvalue weighted by Gasteiger charge is 2.49. The lowest BCUT2D eigenvalue weighted by atomic mass is 9.74. The second-order valence-electron chi connectivity index (χ2n) is 5.84. The van der Waals surface area contributed by atoms with Gasteiger partial charge in [0.15, 0.2) is 5.78 Å². The Kier molecular flexibility index (Phi) is 3.22. The Balaban J connectivity index is 1.80. The molecule has 0 aromatic heterocycles. The number of carbonyl (C=O) groups excluding carboxylic acids is 1. The fourth-order valence-corrected chi connectivity index (χ4v) is 3.22. The first-order chi connectivity index (χ1) is 9.79. The summed E-state index contributed by atoms with van der Waals surface area (Å²) in [5.41, 5.74) is -0.678. The number of halogens is 4. The maximum atomic E-state index is 13.2. The van der Waals surface area contributed by atoms with Crippen molar-refractivity contribution in [1.29, 1.82) is 0 Å².